The van der Waals surface area contributed by atoms with E-state index in [-0.39, 0.29) is 47.2 Å². The van der Waals surface area contributed by atoms with Crippen LogP contribution in [0, 0.1) is 21.6 Å². The molecule has 16 rings (SSSR count). The summed E-state index contributed by atoms with van der Waals surface area (Å²) in [4.78, 5) is 72.0. The number of aliphatic carboxylic acids is 3. The summed E-state index contributed by atoms with van der Waals surface area (Å²) in [7, 11) is 1.36. The summed E-state index contributed by atoms with van der Waals surface area (Å²) in [6.45, 7) is 0.892. The van der Waals surface area contributed by atoms with E-state index in [2.05, 4.69) is 45.3 Å². The number of carboxylic acid groups (broad SMARTS) is 3. The minimum Gasteiger partial charge on any atom is -0.489 e. The molecule has 0 saturated heterocycles. The monoisotopic (exact) mass is 1890 g/mol. The average molecular weight is 1890 g/mol. The normalized spacial score (nSPS) is 12.3. The number of amides is 2. The zero-order valence-electron chi connectivity index (χ0n) is 67.1. The number of carbonyl (C=O) groups excluding carboxylic acids is 3. The van der Waals surface area contributed by atoms with Gasteiger partial charge in [0.25, 0.3) is 11.8 Å². The molecular formula is C89H76F9N11O14S6. The second-order valence-corrected chi connectivity index (χ2v) is 33.7. The number of hydrogen-bond donors (Lipinski definition) is 13. The number of amidine groups is 4. The van der Waals surface area contributed by atoms with Gasteiger partial charge in [0.2, 0.25) is 12.2 Å². The quantitative estimate of drug-likeness (QED) is 0.0137. The fourth-order valence-electron chi connectivity index (χ4n) is 12.1. The van der Waals surface area contributed by atoms with Crippen LogP contribution < -0.4 is 52.5 Å². The van der Waals surface area contributed by atoms with Crippen molar-refractivity contribution in [3.63, 3.8) is 0 Å². The number of anilines is 1. The number of methoxy groups -OCH3 is 1. The topological polar surface area (TPSA) is 446 Å². The number of alkyl halides is 9. The number of rotatable bonds is 21. The molecule has 0 spiro atoms. The standard InChI is InChI=1S/C24H18N4O2S2.C23H25N3O2S.C18H16N2O3S.C18H14N2OS2.3C2HF3O2/c25-23(26)21-12-16-18(7-4-8-19(16)32-21)30-22(14-5-2-1-3-6-14)24(29)28-15-9-10-20-17(11-15)27-13-31-20;24-22(25)20-14-17-18(12-7-13-19(17)29-20)28-21(15-8-3-1-4-9-15)23(27)26-16-10-5-2-6-11-16;1-22-18(21)13-4-2-3-11(7-13)10-23-14-6-5-12-8-16(17(19)20)24-15(12)9-14;19-18(20)17-8-12-2-3-14(9-16(12)23-17)21-10-11-1-4-15-13(7-11)5-6-22-15;3*3-2(4,5)1(6)7/h1-13,22H,(H3,25,26)(H,28,29);1,3-4,7-9,12-14,16,21H,2,5-6,10-11H2,(H3,24,25)(H,26,27);2-9H,10H2,1H3,(H3,19,20);1-9H,10H2,(H3,19,20);3*(H,6,7). The Labute approximate surface area is 750 Å². The summed E-state index contributed by atoms with van der Waals surface area (Å²) in [6, 6.07) is 71.2. The van der Waals surface area contributed by atoms with E-state index in [1.54, 1.807) is 46.4 Å². The van der Waals surface area contributed by atoms with Crippen LogP contribution in [0.3, 0.4) is 0 Å². The van der Waals surface area contributed by atoms with Crippen molar-refractivity contribution >= 4 is 193 Å². The number of benzene rings is 9. The molecule has 2 atom stereocenters. The zero-order valence-corrected chi connectivity index (χ0v) is 72.0. The van der Waals surface area contributed by atoms with Crippen molar-refractivity contribution in [2.24, 2.45) is 22.9 Å². The van der Waals surface area contributed by atoms with Gasteiger partial charge in [-0.1, -0.05) is 110 Å². The van der Waals surface area contributed by atoms with Gasteiger partial charge in [-0.2, -0.15) is 39.5 Å². The fraction of sp³-hybridized carbons (Fsp3) is 0.157. The fourth-order valence-corrected chi connectivity index (χ4v) is 17.3. The first-order valence-corrected chi connectivity index (χ1v) is 43.0. The third kappa shape index (κ3) is 28.0. The van der Waals surface area contributed by atoms with Gasteiger partial charge in [0, 0.05) is 57.1 Å². The minimum atomic E-state index is -5.08. The summed E-state index contributed by atoms with van der Waals surface area (Å²) in [5.74, 6) is -6.07. The third-order valence-corrected chi connectivity index (χ3v) is 24.4. The Morgan fingerprint density at radius 1 is 0.450 bits per heavy atom. The number of thiazole rings is 1. The van der Waals surface area contributed by atoms with E-state index in [1.165, 1.54) is 69.0 Å². The number of carbonyl (C=O) groups is 6. The number of thiophene rings is 5. The van der Waals surface area contributed by atoms with Crippen molar-refractivity contribution in [1.29, 1.82) is 21.6 Å². The van der Waals surface area contributed by atoms with Gasteiger partial charge < -0.3 is 72.6 Å². The number of nitrogen functional groups attached to an aromatic ring is 4. The third-order valence-electron chi connectivity index (χ3n) is 18.2. The molecule has 6 aromatic heterocycles. The van der Waals surface area contributed by atoms with Crippen molar-refractivity contribution in [1.82, 2.24) is 10.3 Å². The van der Waals surface area contributed by atoms with Gasteiger partial charge in [0.1, 0.15) is 59.6 Å². The average Bonchev–Trinajstić information content (AvgIpc) is 1.62. The molecule has 2 unspecified atom stereocenters. The molecule has 2 amide bonds. The Balaban J connectivity index is 0.000000167. The highest BCUT2D eigenvalue weighted by Crippen LogP contribution is 2.39. The van der Waals surface area contributed by atoms with Crippen LogP contribution in [-0.4, -0.2) is 111 Å². The molecule has 1 aliphatic rings. The molecule has 15 aromatic rings. The molecule has 0 bridgehead atoms. The number of carboxylic acids is 3. The van der Waals surface area contributed by atoms with Crippen LogP contribution in [0.25, 0.3) is 60.6 Å². The SMILES string of the molecule is COC(=O)c1cccc(COc2ccc3cc(C(=N)N)sc3c2)c1.N=C(N)c1cc2c(OC(C(=O)NC3CCCCC3)c3ccccc3)cccc2s1.N=C(N)c1cc2c(OC(C(=O)Nc3ccc4scnc4c3)c3ccccc3)cccc2s1.N=C(N)c1cc2ccc(OCc3ccc4sccc4c3)cc2s1.O=C(O)C(F)(F)F.O=C(O)C(F)(F)F.O=C(O)C(F)(F)F. The van der Waals surface area contributed by atoms with E-state index in [1.807, 2.05) is 182 Å². The molecule has 9 aromatic carbocycles. The number of nitrogens with one attached hydrogen (secondary N) is 6. The Kier molecular flexibility index (Phi) is 33.4. The predicted molar refractivity (Wildman–Crippen MR) is 484 cm³/mol. The van der Waals surface area contributed by atoms with Crippen molar-refractivity contribution in [2.75, 3.05) is 12.4 Å². The van der Waals surface area contributed by atoms with E-state index >= 15 is 0 Å². The molecule has 129 heavy (non-hydrogen) atoms. The van der Waals surface area contributed by atoms with Crippen LogP contribution in [0.5, 0.6) is 23.0 Å². The zero-order chi connectivity index (χ0) is 93.4. The lowest BCUT2D eigenvalue weighted by molar-refractivity contribution is -0.193. The maximum Gasteiger partial charge on any atom is 0.490 e. The molecule has 1 saturated carbocycles. The van der Waals surface area contributed by atoms with Crippen molar-refractivity contribution in [3.05, 3.63) is 283 Å². The van der Waals surface area contributed by atoms with Gasteiger partial charge in [0.15, 0.2) is 0 Å². The molecule has 0 radical (unpaired) electrons. The molecule has 670 valence electrons. The lowest BCUT2D eigenvalue weighted by atomic mass is 9.95. The first-order valence-electron chi connectivity index (χ1n) is 38.0. The molecule has 1 aliphatic carbocycles. The van der Waals surface area contributed by atoms with E-state index in [4.69, 9.17) is 98.0 Å². The van der Waals surface area contributed by atoms with Crippen LogP contribution in [0.15, 0.2) is 235 Å². The number of halogens is 9. The maximum absolute atomic E-state index is 13.3. The largest absolute Gasteiger partial charge is 0.490 e. The van der Waals surface area contributed by atoms with Crippen LogP contribution >= 0.6 is 68.0 Å². The van der Waals surface area contributed by atoms with Crippen LogP contribution in [0.4, 0.5) is 45.2 Å². The summed E-state index contributed by atoms with van der Waals surface area (Å²) in [6.07, 6.45) is -11.2. The molecule has 6 heterocycles. The van der Waals surface area contributed by atoms with Gasteiger partial charge in [-0.3, -0.25) is 31.2 Å². The lowest BCUT2D eigenvalue weighted by Gasteiger charge is -2.26. The summed E-state index contributed by atoms with van der Waals surface area (Å²) in [5, 5.41) is 65.2. The van der Waals surface area contributed by atoms with Crippen LogP contribution in [0.2, 0.25) is 0 Å². The lowest BCUT2D eigenvalue weighted by Crippen LogP contribution is -2.40. The van der Waals surface area contributed by atoms with Gasteiger partial charge in [-0.15, -0.1) is 68.0 Å². The maximum atomic E-state index is 13.3. The highest BCUT2D eigenvalue weighted by molar-refractivity contribution is 7.22. The van der Waals surface area contributed by atoms with Crippen LogP contribution in [-0.2, 0) is 41.9 Å². The molecule has 25 nitrogen and oxygen atoms in total. The molecule has 40 heteroatoms. The van der Waals surface area contributed by atoms with Gasteiger partial charge >= 0.3 is 42.4 Å². The number of fused-ring (bicyclic) bond motifs is 6. The minimum absolute atomic E-state index is 0.00642. The highest BCUT2D eigenvalue weighted by atomic mass is 32.1. The summed E-state index contributed by atoms with van der Waals surface area (Å²) >= 11 is 9.15. The number of aromatic nitrogens is 1. The number of esters is 1. The van der Waals surface area contributed by atoms with E-state index in [0.29, 0.717) is 45.7 Å². The summed E-state index contributed by atoms with van der Waals surface area (Å²) < 4.78 is 131. The second-order valence-electron chi connectivity index (χ2n) is 27.5. The first kappa shape index (κ1) is 97.1. The van der Waals surface area contributed by atoms with Gasteiger partial charge in [-0.25, -0.2) is 24.2 Å². The van der Waals surface area contributed by atoms with Crippen molar-refractivity contribution in [3.8, 4) is 23.0 Å². The molecule has 0 aliphatic heterocycles. The van der Waals surface area contributed by atoms with Gasteiger partial charge in [-0.05, 0) is 179 Å². The Hall–Kier alpha value is -14.1. The Morgan fingerprint density at radius 3 is 1.35 bits per heavy atom. The Bertz CT molecular complexity index is 6480. The molecule has 1 fully saturated rings. The number of ether oxygens (including phenoxy) is 5. The van der Waals surface area contributed by atoms with E-state index < -0.39 is 48.6 Å². The van der Waals surface area contributed by atoms with Crippen molar-refractivity contribution < 1.29 is 107 Å². The second kappa shape index (κ2) is 44.4. The predicted octanol–water partition coefficient (Wildman–Crippen LogP) is 20.7. The molecule has 17 N–H and O–H groups in total. The smallest absolute Gasteiger partial charge is 0.489 e. The molecular weight excluding hydrogens is 1810 g/mol. The Morgan fingerprint density at radius 2 is 0.884 bits per heavy atom. The van der Waals surface area contributed by atoms with E-state index in [9.17, 15) is 53.9 Å². The van der Waals surface area contributed by atoms with Gasteiger partial charge in [0.05, 0.1) is 47.9 Å². The number of hydrogen-bond acceptors (Lipinski definition) is 22. The summed E-state index contributed by atoms with van der Waals surface area (Å²) in [5.41, 5.74) is 29.8. The van der Waals surface area contributed by atoms with Crippen LogP contribution in [0.1, 0.15) is 96.4 Å². The van der Waals surface area contributed by atoms with Crippen molar-refractivity contribution in [2.45, 2.75) is 82.1 Å². The number of nitrogens with zero attached hydrogens (tertiary/aromatic N) is 1. The highest BCUT2D eigenvalue weighted by Gasteiger charge is 2.40. The number of nitrogens with two attached hydrogens (primary N) is 4. The van der Waals surface area contributed by atoms with E-state index in [0.717, 1.165) is 120 Å². The first-order chi connectivity index (χ1) is 61.3.